The zero-order chi connectivity index (χ0) is 24.8. The van der Waals surface area contributed by atoms with Crippen LogP contribution in [0.2, 0.25) is 0 Å². The summed E-state index contributed by atoms with van der Waals surface area (Å²) in [7, 11) is 1.83. The maximum atomic E-state index is 13.3. The van der Waals surface area contributed by atoms with Gasteiger partial charge in [-0.15, -0.1) is 0 Å². The van der Waals surface area contributed by atoms with Crippen molar-refractivity contribution in [1.29, 1.82) is 0 Å². The summed E-state index contributed by atoms with van der Waals surface area (Å²) in [5.74, 6) is 2.06. The van der Waals surface area contributed by atoms with E-state index in [1.54, 1.807) is 29.4 Å². The van der Waals surface area contributed by atoms with Crippen LogP contribution in [0.3, 0.4) is 0 Å². The van der Waals surface area contributed by atoms with Crippen molar-refractivity contribution in [3.63, 3.8) is 0 Å². The van der Waals surface area contributed by atoms with Crippen molar-refractivity contribution in [3.8, 4) is 11.5 Å². The van der Waals surface area contributed by atoms with Crippen molar-refractivity contribution < 1.29 is 24.2 Å². The number of hydrogen-bond acceptors (Lipinski definition) is 6. The molecule has 3 heterocycles. The molecule has 1 amide bonds. The van der Waals surface area contributed by atoms with Crippen LogP contribution in [0.5, 0.6) is 11.5 Å². The molecule has 1 spiro atoms. The van der Waals surface area contributed by atoms with E-state index in [1.807, 2.05) is 26.1 Å². The SMILES string of the molecule is Cc1occc1/C=C/C(=O)N(C)C1CC[C@@]2(O)[C@H]3Cc4ccc(O)c5c4[C@@]2(CCN3CC2CC2)C1O5. The predicted molar refractivity (Wildman–Crippen MR) is 134 cm³/mol. The number of aryl methyl sites for hydroxylation is 1. The number of aliphatic hydroxyl groups is 1. The fraction of sp³-hybridized carbons (Fsp3) is 0.552. The van der Waals surface area contributed by atoms with Gasteiger partial charge >= 0.3 is 0 Å². The molecule has 2 bridgehead atoms. The summed E-state index contributed by atoms with van der Waals surface area (Å²) in [5.41, 5.74) is 1.48. The smallest absolute Gasteiger partial charge is 0.246 e. The molecule has 2 saturated carbocycles. The normalized spacial score (nSPS) is 34.5. The lowest BCUT2D eigenvalue weighted by Crippen LogP contribution is -2.78. The Morgan fingerprint density at radius 3 is 2.83 bits per heavy atom. The number of amides is 1. The second kappa shape index (κ2) is 7.62. The number of benzene rings is 1. The minimum absolute atomic E-state index is 0.0341. The topological polar surface area (TPSA) is 86.4 Å². The van der Waals surface area contributed by atoms with Gasteiger partial charge in [0, 0.05) is 36.8 Å². The Balaban J connectivity index is 1.27. The highest BCUT2D eigenvalue weighted by atomic mass is 16.5. The van der Waals surface area contributed by atoms with Crippen LogP contribution in [0.15, 0.2) is 35.0 Å². The first-order valence-electron chi connectivity index (χ1n) is 13.3. The molecule has 3 fully saturated rings. The van der Waals surface area contributed by atoms with Crippen molar-refractivity contribution in [3.05, 3.63) is 53.0 Å². The quantitative estimate of drug-likeness (QED) is 0.625. The van der Waals surface area contributed by atoms with Gasteiger partial charge in [-0.3, -0.25) is 9.69 Å². The van der Waals surface area contributed by atoms with E-state index in [2.05, 4.69) is 4.90 Å². The Bertz CT molecular complexity index is 1260. The fourth-order valence-corrected chi connectivity index (χ4v) is 7.86. The fourth-order valence-electron chi connectivity index (χ4n) is 7.86. The van der Waals surface area contributed by atoms with Crippen LogP contribution in [0, 0.1) is 12.8 Å². The average molecular weight is 491 g/mol. The third-order valence-corrected chi connectivity index (χ3v) is 9.88. The van der Waals surface area contributed by atoms with E-state index >= 15 is 0 Å². The molecule has 7 rings (SSSR count). The number of furan rings is 1. The first-order valence-corrected chi connectivity index (χ1v) is 13.3. The number of ether oxygens (including phenoxy) is 1. The van der Waals surface area contributed by atoms with Gasteiger partial charge in [-0.2, -0.15) is 0 Å². The highest BCUT2D eigenvalue weighted by Crippen LogP contribution is 2.66. The molecule has 2 aliphatic heterocycles. The summed E-state index contributed by atoms with van der Waals surface area (Å²) in [6.07, 6.45) is 9.97. The second-order valence-electron chi connectivity index (χ2n) is 11.6. The number of nitrogens with zero attached hydrogens (tertiary/aromatic N) is 2. The second-order valence-corrected chi connectivity index (χ2v) is 11.6. The number of phenols is 1. The number of likely N-dealkylation sites (tertiary alicyclic amines) is 1. The first-order chi connectivity index (χ1) is 17.3. The number of rotatable bonds is 5. The number of carbonyl (C=O) groups excluding carboxylic acids is 1. The molecule has 2 unspecified atom stereocenters. The van der Waals surface area contributed by atoms with Gasteiger partial charge in [0.25, 0.3) is 0 Å². The molecule has 5 atom stereocenters. The standard InChI is InChI=1S/C29H34N2O5/c1-17-19(10-14-35-17)6-8-24(33)30(2)21-9-11-29(34)23-15-20-5-7-22(32)26-25(20)28(29,27(21)36-26)12-13-31(23)16-18-3-4-18/h5-8,10,14,18,21,23,27,32,34H,3-4,9,11-13,15-16H2,1-2H3/b8-6+/t21?,23-,27?,28+,29-/m1/s1. The van der Waals surface area contributed by atoms with E-state index in [0.717, 1.165) is 48.7 Å². The highest BCUT2D eigenvalue weighted by molar-refractivity contribution is 5.92. The van der Waals surface area contributed by atoms with Gasteiger partial charge in [-0.1, -0.05) is 6.07 Å². The molecule has 1 saturated heterocycles. The Morgan fingerprint density at radius 1 is 1.25 bits per heavy atom. The molecule has 5 aliphatic rings. The summed E-state index contributed by atoms with van der Waals surface area (Å²) in [6, 6.07) is 5.42. The first kappa shape index (κ1) is 22.4. The third-order valence-electron chi connectivity index (χ3n) is 9.88. The molecule has 3 aliphatic carbocycles. The van der Waals surface area contributed by atoms with Gasteiger partial charge in [0.2, 0.25) is 5.91 Å². The number of phenolic OH excluding ortho intramolecular Hbond substituents is 1. The van der Waals surface area contributed by atoms with Gasteiger partial charge in [-0.25, -0.2) is 0 Å². The number of carbonyl (C=O) groups is 1. The molecule has 2 N–H and O–H groups in total. The van der Waals surface area contributed by atoms with E-state index < -0.39 is 17.1 Å². The molecule has 36 heavy (non-hydrogen) atoms. The maximum absolute atomic E-state index is 13.3. The minimum atomic E-state index is -0.943. The molecule has 1 aromatic heterocycles. The van der Waals surface area contributed by atoms with Crippen molar-refractivity contribution >= 4 is 12.0 Å². The van der Waals surface area contributed by atoms with Crippen molar-refractivity contribution in [2.75, 3.05) is 20.1 Å². The van der Waals surface area contributed by atoms with Gasteiger partial charge in [0.1, 0.15) is 11.9 Å². The molecular weight excluding hydrogens is 456 g/mol. The minimum Gasteiger partial charge on any atom is -0.504 e. The number of piperidine rings is 1. The van der Waals surface area contributed by atoms with Crippen LogP contribution in [-0.4, -0.2) is 69.8 Å². The van der Waals surface area contributed by atoms with Gasteiger partial charge in [-0.05, 0) is 81.7 Å². The molecule has 190 valence electrons. The van der Waals surface area contributed by atoms with Crippen LogP contribution in [0.25, 0.3) is 6.08 Å². The zero-order valence-corrected chi connectivity index (χ0v) is 20.9. The molecule has 2 aromatic rings. The monoisotopic (exact) mass is 490 g/mol. The van der Waals surface area contributed by atoms with Gasteiger partial charge in [0.15, 0.2) is 11.5 Å². The lowest BCUT2D eigenvalue weighted by molar-refractivity contribution is -0.200. The molecule has 7 heteroatoms. The molecule has 1 aromatic carbocycles. The predicted octanol–water partition coefficient (Wildman–Crippen LogP) is 3.40. The zero-order valence-electron chi connectivity index (χ0n) is 20.9. The Morgan fingerprint density at radius 2 is 2.08 bits per heavy atom. The molecular formula is C29H34N2O5. The summed E-state index contributed by atoms with van der Waals surface area (Å²) < 4.78 is 11.9. The largest absolute Gasteiger partial charge is 0.504 e. The lowest BCUT2D eigenvalue weighted by atomic mass is 9.48. The van der Waals surface area contributed by atoms with Crippen LogP contribution < -0.4 is 4.74 Å². The van der Waals surface area contributed by atoms with Crippen molar-refractivity contribution in [2.45, 2.75) is 74.7 Å². The molecule has 0 radical (unpaired) electrons. The summed E-state index contributed by atoms with van der Waals surface area (Å²) in [4.78, 5) is 17.6. The van der Waals surface area contributed by atoms with Crippen LogP contribution in [0.4, 0.5) is 0 Å². The average Bonchev–Trinajstić information content (AvgIpc) is 3.47. The third kappa shape index (κ3) is 2.90. The van der Waals surface area contributed by atoms with Crippen LogP contribution in [0.1, 0.15) is 54.6 Å². The lowest BCUT2D eigenvalue weighted by Gasteiger charge is -2.64. The summed E-state index contributed by atoms with van der Waals surface area (Å²) in [6.45, 7) is 3.83. The Kier molecular flexibility index (Phi) is 4.75. The summed E-state index contributed by atoms with van der Waals surface area (Å²) >= 11 is 0. The van der Waals surface area contributed by atoms with E-state index in [4.69, 9.17) is 9.15 Å². The van der Waals surface area contributed by atoms with E-state index in [0.29, 0.717) is 18.6 Å². The van der Waals surface area contributed by atoms with Gasteiger partial charge < -0.3 is 24.3 Å². The van der Waals surface area contributed by atoms with E-state index in [1.165, 1.54) is 18.4 Å². The Labute approximate surface area is 211 Å². The van der Waals surface area contributed by atoms with Gasteiger partial charge in [0.05, 0.1) is 23.3 Å². The Hall–Kier alpha value is -2.77. The van der Waals surface area contributed by atoms with E-state index in [-0.39, 0.29) is 23.7 Å². The van der Waals surface area contributed by atoms with E-state index in [9.17, 15) is 15.0 Å². The number of aromatic hydroxyl groups is 1. The summed E-state index contributed by atoms with van der Waals surface area (Å²) in [5, 5.41) is 23.4. The van der Waals surface area contributed by atoms with Crippen LogP contribution >= 0.6 is 0 Å². The van der Waals surface area contributed by atoms with Crippen molar-refractivity contribution in [1.82, 2.24) is 9.80 Å². The maximum Gasteiger partial charge on any atom is 0.246 e. The molecule has 7 nitrogen and oxygen atoms in total. The van der Waals surface area contributed by atoms with Crippen LogP contribution in [-0.2, 0) is 16.6 Å². The highest BCUT2D eigenvalue weighted by Gasteiger charge is 2.73. The van der Waals surface area contributed by atoms with Crippen molar-refractivity contribution in [2.24, 2.45) is 5.92 Å². The number of hydrogen-bond donors (Lipinski definition) is 2. The number of likely N-dealkylation sites (N-methyl/N-ethyl adjacent to an activating group) is 1.